The number of thiophene rings is 1. The summed E-state index contributed by atoms with van der Waals surface area (Å²) < 4.78 is 19.5. The first-order valence-corrected chi connectivity index (χ1v) is 12.3. The largest absolute Gasteiger partial charge is 0.376 e. The van der Waals surface area contributed by atoms with Crippen LogP contribution in [0.4, 0.5) is 0 Å². The van der Waals surface area contributed by atoms with Gasteiger partial charge in [0, 0.05) is 44.8 Å². The highest BCUT2D eigenvalue weighted by atomic mass is 32.1. The molecule has 0 amide bonds. The van der Waals surface area contributed by atoms with Gasteiger partial charge in [0.25, 0.3) is 12.0 Å². The maximum atomic E-state index is 13.4. The number of aliphatic imine (C=N–C) groups is 1. The minimum atomic E-state index is -0.682. The molecule has 2 aromatic rings. The molecule has 5 rings (SSSR count). The lowest BCUT2D eigenvalue weighted by atomic mass is 10.2. The van der Waals surface area contributed by atoms with E-state index in [1.165, 1.54) is 15.9 Å². The fraction of sp³-hybridized carbons (Fsp3) is 0.682. The summed E-state index contributed by atoms with van der Waals surface area (Å²) in [6.07, 6.45) is 3.05. The average Bonchev–Trinajstić information content (AvgIpc) is 3.18. The number of methoxy groups -OCH3 is 2. The maximum absolute atomic E-state index is 13.4. The van der Waals surface area contributed by atoms with E-state index in [-0.39, 0.29) is 23.4 Å². The van der Waals surface area contributed by atoms with E-state index >= 15 is 0 Å². The average molecular weight is 478 g/mol. The van der Waals surface area contributed by atoms with Gasteiger partial charge < -0.3 is 24.4 Å². The fourth-order valence-electron chi connectivity index (χ4n) is 4.65. The van der Waals surface area contributed by atoms with Crippen LogP contribution in [0.5, 0.6) is 0 Å². The Morgan fingerprint density at radius 2 is 2.03 bits per heavy atom. The standard InChI is InChI=1S/C22H31N5O5S/c1-13-16(12-25-9-8-23-20(25)24-21(30-2)31-3)33-19-17(13)18(28)27(14-6-7-14)22(29)26(19)11-15-5-4-10-32-15/h14-15,21H,4-12H2,1-3H3,(H,23,24). The SMILES string of the molecule is COC(/N=C1\NCCN1Cc1sc2c(c1C)c(=O)n(C1CC1)c(=O)n2CC1CCCO1)OC. The molecule has 4 heterocycles. The number of aromatic nitrogens is 2. The van der Waals surface area contributed by atoms with Crippen LogP contribution in [0.2, 0.25) is 0 Å². The molecule has 0 aromatic carbocycles. The van der Waals surface area contributed by atoms with Crippen molar-refractivity contribution in [3.05, 3.63) is 31.3 Å². The van der Waals surface area contributed by atoms with Crippen LogP contribution in [0.15, 0.2) is 14.6 Å². The molecule has 1 atom stereocenters. The third-order valence-electron chi connectivity index (χ3n) is 6.59. The number of nitrogens with one attached hydrogen (secondary N) is 1. The van der Waals surface area contributed by atoms with Crippen LogP contribution in [-0.4, -0.2) is 66.4 Å². The first kappa shape index (κ1) is 22.6. The van der Waals surface area contributed by atoms with Gasteiger partial charge in [-0.25, -0.2) is 4.79 Å². The van der Waals surface area contributed by atoms with Gasteiger partial charge in [-0.15, -0.1) is 11.3 Å². The zero-order chi connectivity index (χ0) is 23.1. The second-order valence-corrected chi connectivity index (χ2v) is 9.93. The lowest BCUT2D eigenvalue weighted by Crippen LogP contribution is -2.40. The highest BCUT2D eigenvalue weighted by Crippen LogP contribution is 2.35. The summed E-state index contributed by atoms with van der Waals surface area (Å²) in [7, 11) is 3.09. The van der Waals surface area contributed by atoms with Crippen LogP contribution in [0.3, 0.4) is 0 Å². The first-order valence-electron chi connectivity index (χ1n) is 11.5. The molecule has 0 spiro atoms. The number of guanidine groups is 1. The third-order valence-corrected chi connectivity index (χ3v) is 7.89. The second kappa shape index (κ2) is 9.21. The molecule has 33 heavy (non-hydrogen) atoms. The highest BCUT2D eigenvalue weighted by Gasteiger charge is 2.32. The van der Waals surface area contributed by atoms with Crippen molar-refractivity contribution in [3.8, 4) is 0 Å². The molecule has 10 nitrogen and oxygen atoms in total. The van der Waals surface area contributed by atoms with E-state index in [0.717, 1.165) is 60.7 Å². The Bertz CT molecular complexity index is 1170. The van der Waals surface area contributed by atoms with Crippen LogP contribution >= 0.6 is 11.3 Å². The Labute approximate surface area is 195 Å². The number of hydrogen-bond donors (Lipinski definition) is 1. The van der Waals surface area contributed by atoms with Gasteiger partial charge >= 0.3 is 5.69 Å². The van der Waals surface area contributed by atoms with Crippen LogP contribution in [0.1, 0.15) is 42.2 Å². The van der Waals surface area contributed by atoms with E-state index in [2.05, 4.69) is 15.2 Å². The van der Waals surface area contributed by atoms with Gasteiger partial charge in [-0.3, -0.25) is 13.9 Å². The van der Waals surface area contributed by atoms with Crippen LogP contribution < -0.4 is 16.6 Å². The van der Waals surface area contributed by atoms with Gasteiger partial charge in [-0.05, 0) is 38.2 Å². The van der Waals surface area contributed by atoms with E-state index in [1.54, 1.807) is 18.8 Å². The van der Waals surface area contributed by atoms with Crippen molar-refractivity contribution in [2.75, 3.05) is 33.9 Å². The lowest BCUT2D eigenvalue weighted by molar-refractivity contribution is -0.0952. The molecule has 1 N–H and O–H groups in total. The summed E-state index contributed by atoms with van der Waals surface area (Å²) in [5.74, 6) is 0.702. The van der Waals surface area contributed by atoms with Gasteiger partial charge in [0.2, 0.25) is 0 Å². The Kier molecular flexibility index (Phi) is 6.30. The molecule has 1 unspecified atom stereocenters. The smallest absolute Gasteiger partial charge is 0.332 e. The number of hydrogen-bond acceptors (Lipinski definition) is 7. The minimum absolute atomic E-state index is 0.0171. The molecule has 2 aromatic heterocycles. The molecule has 0 bridgehead atoms. The summed E-state index contributed by atoms with van der Waals surface area (Å²) in [6, 6.07) is 0.0226. The summed E-state index contributed by atoms with van der Waals surface area (Å²) in [4.78, 5) is 35.2. The molecule has 2 saturated heterocycles. The molecule has 11 heteroatoms. The third kappa shape index (κ3) is 4.23. The predicted octanol–water partition coefficient (Wildman–Crippen LogP) is 1.38. The van der Waals surface area contributed by atoms with E-state index in [4.69, 9.17) is 14.2 Å². The molecule has 3 fully saturated rings. The van der Waals surface area contributed by atoms with E-state index in [9.17, 15) is 9.59 Å². The molecule has 180 valence electrons. The Morgan fingerprint density at radius 3 is 2.70 bits per heavy atom. The zero-order valence-electron chi connectivity index (χ0n) is 19.3. The van der Waals surface area contributed by atoms with Crippen molar-refractivity contribution in [2.24, 2.45) is 4.99 Å². The van der Waals surface area contributed by atoms with Gasteiger partial charge in [-0.2, -0.15) is 4.99 Å². The van der Waals surface area contributed by atoms with Crippen LogP contribution in [0, 0.1) is 6.92 Å². The van der Waals surface area contributed by atoms with Crippen molar-refractivity contribution >= 4 is 27.5 Å². The van der Waals surface area contributed by atoms with E-state index < -0.39 is 6.41 Å². The minimum Gasteiger partial charge on any atom is -0.376 e. The summed E-state index contributed by atoms with van der Waals surface area (Å²) >= 11 is 1.53. The normalized spacial score (nSPS) is 22.2. The quantitative estimate of drug-likeness (QED) is 0.574. The van der Waals surface area contributed by atoms with Crippen molar-refractivity contribution in [1.29, 1.82) is 0 Å². The summed E-state index contributed by atoms with van der Waals surface area (Å²) in [6.45, 7) is 5.34. The van der Waals surface area contributed by atoms with Crippen LogP contribution in [-0.2, 0) is 27.3 Å². The van der Waals surface area contributed by atoms with Crippen molar-refractivity contribution < 1.29 is 14.2 Å². The Balaban J connectivity index is 1.55. The van der Waals surface area contributed by atoms with E-state index in [0.29, 0.717) is 24.4 Å². The van der Waals surface area contributed by atoms with Gasteiger partial charge in [0.05, 0.1) is 24.6 Å². The van der Waals surface area contributed by atoms with E-state index in [1.807, 2.05) is 6.92 Å². The topological polar surface area (TPSA) is 99.3 Å². The molecule has 1 aliphatic carbocycles. The zero-order valence-corrected chi connectivity index (χ0v) is 20.2. The molecule has 3 aliphatic rings. The number of rotatable bonds is 8. The maximum Gasteiger partial charge on any atom is 0.332 e. The fourth-order valence-corrected chi connectivity index (χ4v) is 5.96. The monoisotopic (exact) mass is 477 g/mol. The molecular weight excluding hydrogens is 446 g/mol. The lowest BCUT2D eigenvalue weighted by Gasteiger charge is -2.19. The van der Waals surface area contributed by atoms with Gasteiger partial charge in [0.15, 0.2) is 5.96 Å². The van der Waals surface area contributed by atoms with Crippen molar-refractivity contribution in [1.82, 2.24) is 19.4 Å². The Hall–Kier alpha value is -2.21. The van der Waals surface area contributed by atoms with Gasteiger partial charge in [-0.1, -0.05) is 0 Å². The second-order valence-electron chi connectivity index (χ2n) is 8.84. The first-order chi connectivity index (χ1) is 16.0. The van der Waals surface area contributed by atoms with Crippen molar-refractivity contribution in [3.63, 3.8) is 0 Å². The molecular formula is C22H31N5O5S. The van der Waals surface area contributed by atoms with Gasteiger partial charge in [0.1, 0.15) is 4.83 Å². The number of nitrogens with zero attached hydrogens (tertiary/aromatic N) is 4. The number of ether oxygens (including phenoxy) is 3. The predicted molar refractivity (Wildman–Crippen MR) is 126 cm³/mol. The molecule has 0 radical (unpaired) electrons. The van der Waals surface area contributed by atoms with Crippen LogP contribution in [0.25, 0.3) is 10.2 Å². The molecule has 2 aliphatic heterocycles. The Morgan fingerprint density at radius 1 is 1.24 bits per heavy atom. The van der Waals surface area contributed by atoms with Crippen molar-refractivity contribution in [2.45, 2.75) is 64.3 Å². The number of aryl methyl sites for hydroxylation is 1. The molecule has 1 saturated carbocycles. The highest BCUT2D eigenvalue weighted by molar-refractivity contribution is 7.18. The number of fused-ring (bicyclic) bond motifs is 1. The summed E-state index contributed by atoms with van der Waals surface area (Å²) in [5.41, 5.74) is 0.580. The summed E-state index contributed by atoms with van der Waals surface area (Å²) in [5, 5.41) is 3.94.